The minimum Gasteiger partial charge on any atom is -0.464 e. The van der Waals surface area contributed by atoms with E-state index in [1.165, 1.54) is 0 Å². The van der Waals surface area contributed by atoms with Crippen LogP contribution in [0.3, 0.4) is 0 Å². The summed E-state index contributed by atoms with van der Waals surface area (Å²) in [6.07, 6.45) is 1.79. The summed E-state index contributed by atoms with van der Waals surface area (Å²) in [7, 11) is 0. The van der Waals surface area contributed by atoms with Crippen LogP contribution in [0.15, 0.2) is 24.4 Å². The summed E-state index contributed by atoms with van der Waals surface area (Å²) in [6, 6.07) is 3.67. The van der Waals surface area contributed by atoms with Gasteiger partial charge in [0.25, 0.3) is 0 Å². The summed E-state index contributed by atoms with van der Waals surface area (Å²) < 4.78 is 6.46. The van der Waals surface area contributed by atoms with E-state index >= 15 is 0 Å². The Bertz CT molecular complexity index is 654. The number of fused-ring (bicyclic) bond motifs is 1. The number of pyridine rings is 1. The number of esters is 1. The molecular weight excluding hydrogens is 274 g/mol. The Kier molecular flexibility index (Phi) is 4.49. The zero-order chi connectivity index (χ0) is 15.4. The summed E-state index contributed by atoms with van der Waals surface area (Å²) in [5, 5.41) is 10.7. The predicted molar refractivity (Wildman–Crippen MR) is 74.2 cm³/mol. The molecule has 8 heteroatoms. The van der Waals surface area contributed by atoms with Gasteiger partial charge in [-0.15, -0.1) is 10.2 Å². The lowest BCUT2D eigenvalue weighted by Crippen LogP contribution is -2.47. The fraction of sp³-hybridized carbons (Fsp3) is 0.385. The van der Waals surface area contributed by atoms with Gasteiger partial charge in [0.1, 0.15) is 0 Å². The van der Waals surface area contributed by atoms with Crippen molar-refractivity contribution < 1.29 is 14.3 Å². The van der Waals surface area contributed by atoms with Crippen LogP contribution in [-0.2, 0) is 14.3 Å². The van der Waals surface area contributed by atoms with Crippen LogP contribution in [0.25, 0.3) is 5.65 Å². The first-order chi connectivity index (χ1) is 10.0. The van der Waals surface area contributed by atoms with Gasteiger partial charge in [0.05, 0.1) is 12.6 Å². The first-order valence-electron chi connectivity index (χ1n) is 6.56. The van der Waals surface area contributed by atoms with E-state index < -0.39 is 24.0 Å². The monoisotopic (exact) mass is 291 g/mol. The Morgan fingerprint density at radius 1 is 1.43 bits per heavy atom. The summed E-state index contributed by atoms with van der Waals surface area (Å²) >= 11 is 0. The summed E-state index contributed by atoms with van der Waals surface area (Å²) in [4.78, 5) is 23.3. The van der Waals surface area contributed by atoms with E-state index in [0.29, 0.717) is 11.5 Å². The number of nitrogens with two attached hydrogens (primary N) is 1. The molecule has 2 aromatic rings. The third-order valence-electron chi connectivity index (χ3n) is 2.91. The molecule has 3 N–H and O–H groups in total. The van der Waals surface area contributed by atoms with Gasteiger partial charge in [-0.05, 0) is 26.0 Å². The summed E-state index contributed by atoms with van der Waals surface area (Å²) in [6.45, 7) is 3.55. The molecule has 2 heterocycles. The van der Waals surface area contributed by atoms with E-state index in [9.17, 15) is 9.59 Å². The first kappa shape index (κ1) is 14.9. The Morgan fingerprint density at radius 3 is 2.90 bits per heavy atom. The standard InChI is InChI=1S/C13H17N5O3/c1-3-21-13(20)10(14)12(19)15-8(2)11-17-16-9-6-4-5-7-18(9)11/h4-8,10H,3,14H2,1-2H3,(H,15,19). The highest BCUT2D eigenvalue weighted by atomic mass is 16.5. The van der Waals surface area contributed by atoms with Gasteiger partial charge in [0.15, 0.2) is 17.5 Å². The molecule has 21 heavy (non-hydrogen) atoms. The molecule has 1 amide bonds. The molecule has 112 valence electrons. The lowest BCUT2D eigenvalue weighted by molar-refractivity contribution is -0.148. The maximum absolute atomic E-state index is 11.9. The highest BCUT2D eigenvalue weighted by molar-refractivity contribution is 6.01. The lowest BCUT2D eigenvalue weighted by Gasteiger charge is -2.15. The van der Waals surface area contributed by atoms with Crippen LogP contribution < -0.4 is 11.1 Å². The molecule has 2 atom stereocenters. The highest BCUT2D eigenvalue weighted by Crippen LogP contribution is 2.11. The van der Waals surface area contributed by atoms with Crippen molar-refractivity contribution in [1.29, 1.82) is 0 Å². The zero-order valence-electron chi connectivity index (χ0n) is 11.8. The van der Waals surface area contributed by atoms with Gasteiger partial charge in [-0.2, -0.15) is 0 Å². The van der Waals surface area contributed by atoms with E-state index in [4.69, 9.17) is 10.5 Å². The Balaban J connectivity index is 2.09. The molecule has 2 unspecified atom stereocenters. The second-order valence-corrected chi connectivity index (χ2v) is 4.45. The second kappa shape index (κ2) is 6.31. The van der Waals surface area contributed by atoms with Crippen molar-refractivity contribution in [2.24, 2.45) is 5.73 Å². The van der Waals surface area contributed by atoms with Gasteiger partial charge < -0.3 is 15.8 Å². The minimum atomic E-state index is -1.36. The van der Waals surface area contributed by atoms with Crippen molar-refractivity contribution in [3.8, 4) is 0 Å². The first-order valence-corrected chi connectivity index (χ1v) is 6.56. The minimum absolute atomic E-state index is 0.171. The summed E-state index contributed by atoms with van der Waals surface area (Å²) in [5.74, 6) is -0.822. The fourth-order valence-electron chi connectivity index (χ4n) is 1.86. The third-order valence-corrected chi connectivity index (χ3v) is 2.91. The Morgan fingerprint density at radius 2 is 2.19 bits per heavy atom. The number of hydrogen-bond acceptors (Lipinski definition) is 6. The van der Waals surface area contributed by atoms with Crippen molar-refractivity contribution in [1.82, 2.24) is 19.9 Å². The molecule has 0 aliphatic carbocycles. The van der Waals surface area contributed by atoms with Crippen molar-refractivity contribution in [3.05, 3.63) is 30.2 Å². The topological polar surface area (TPSA) is 112 Å². The van der Waals surface area contributed by atoms with Gasteiger partial charge >= 0.3 is 5.97 Å². The number of hydrogen-bond donors (Lipinski definition) is 2. The molecule has 2 rings (SSSR count). The molecular formula is C13H17N5O3. The number of amides is 1. The zero-order valence-corrected chi connectivity index (χ0v) is 11.8. The molecule has 8 nitrogen and oxygen atoms in total. The number of nitrogens with one attached hydrogen (secondary N) is 1. The number of aromatic nitrogens is 3. The van der Waals surface area contributed by atoms with Gasteiger partial charge in [-0.25, -0.2) is 4.79 Å². The normalized spacial score (nSPS) is 13.7. The van der Waals surface area contributed by atoms with Crippen molar-refractivity contribution >= 4 is 17.5 Å². The van der Waals surface area contributed by atoms with E-state index in [-0.39, 0.29) is 6.61 Å². The van der Waals surface area contributed by atoms with Gasteiger partial charge in [0.2, 0.25) is 5.91 Å². The number of carbonyl (C=O) groups is 2. The molecule has 0 radical (unpaired) electrons. The van der Waals surface area contributed by atoms with Crippen LogP contribution in [-0.4, -0.2) is 39.1 Å². The molecule has 2 aromatic heterocycles. The smallest absolute Gasteiger partial charge is 0.332 e. The van der Waals surface area contributed by atoms with Crippen LogP contribution in [0.2, 0.25) is 0 Å². The van der Waals surface area contributed by atoms with Crippen LogP contribution in [0.1, 0.15) is 25.7 Å². The highest BCUT2D eigenvalue weighted by Gasteiger charge is 2.26. The van der Waals surface area contributed by atoms with E-state index in [1.807, 2.05) is 12.1 Å². The van der Waals surface area contributed by atoms with Crippen molar-refractivity contribution in [2.45, 2.75) is 25.9 Å². The predicted octanol–water partition coefficient (Wildman–Crippen LogP) is -0.203. The van der Waals surface area contributed by atoms with E-state index in [2.05, 4.69) is 15.5 Å². The maximum Gasteiger partial charge on any atom is 0.332 e. The summed E-state index contributed by atoms with van der Waals surface area (Å²) in [5.41, 5.74) is 6.20. The number of carbonyl (C=O) groups excluding carboxylic acids is 2. The molecule has 0 fully saturated rings. The fourth-order valence-corrected chi connectivity index (χ4v) is 1.86. The number of rotatable bonds is 5. The largest absolute Gasteiger partial charge is 0.464 e. The number of ether oxygens (including phenoxy) is 1. The Hall–Kier alpha value is -2.48. The average molecular weight is 291 g/mol. The quantitative estimate of drug-likeness (QED) is 0.582. The van der Waals surface area contributed by atoms with E-state index in [1.54, 1.807) is 30.5 Å². The molecule has 0 spiro atoms. The third kappa shape index (κ3) is 3.16. The lowest BCUT2D eigenvalue weighted by atomic mass is 10.2. The SMILES string of the molecule is CCOC(=O)C(N)C(=O)NC(C)c1nnc2ccccn12. The molecule has 0 aromatic carbocycles. The molecule has 0 bridgehead atoms. The Labute approximate surface area is 121 Å². The van der Waals surface area contributed by atoms with Crippen LogP contribution >= 0.6 is 0 Å². The van der Waals surface area contributed by atoms with Gasteiger partial charge in [-0.3, -0.25) is 9.20 Å². The van der Waals surface area contributed by atoms with Crippen molar-refractivity contribution in [2.75, 3.05) is 6.61 Å². The maximum atomic E-state index is 11.9. The van der Waals surface area contributed by atoms with E-state index in [0.717, 1.165) is 0 Å². The molecule has 0 aliphatic rings. The van der Waals surface area contributed by atoms with Crippen LogP contribution in [0, 0.1) is 0 Å². The van der Waals surface area contributed by atoms with Crippen LogP contribution in [0.4, 0.5) is 0 Å². The molecule has 0 saturated heterocycles. The van der Waals surface area contributed by atoms with Gasteiger partial charge in [-0.1, -0.05) is 6.07 Å². The average Bonchev–Trinajstić information content (AvgIpc) is 2.90. The van der Waals surface area contributed by atoms with Crippen LogP contribution in [0.5, 0.6) is 0 Å². The molecule has 0 aliphatic heterocycles. The van der Waals surface area contributed by atoms with Gasteiger partial charge in [0, 0.05) is 6.20 Å². The molecule has 0 saturated carbocycles. The van der Waals surface area contributed by atoms with Crippen molar-refractivity contribution in [3.63, 3.8) is 0 Å². The number of nitrogens with zero attached hydrogens (tertiary/aromatic N) is 3. The second-order valence-electron chi connectivity index (χ2n) is 4.45.